The van der Waals surface area contributed by atoms with Crippen molar-refractivity contribution in [2.24, 2.45) is 5.10 Å². The first-order valence-corrected chi connectivity index (χ1v) is 4.38. The molecule has 84 valence electrons. The zero-order chi connectivity index (χ0) is 12.0. The number of hydrazone groups is 1. The lowest BCUT2D eigenvalue weighted by Crippen LogP contribution is -2.03. The van der Waals surface area contributed by atoms with E-state index in [2.05, 4.69) is 10.5 Å². The van der Waals surface area contributed by atoms with Crippen molar-refractivity contribution in [3.8, 4) is 5.75 Å². The maximum absolute atomic E-state index is 10.9. The van der Waals surface area contributed by atoms with E-state index in [9.17, 15) is 4.79 Å². The quantitative estimate of drug-likeness (QED) is 0.518. The summed E-state index contributed by atoms with van der Waals surface area (Å²) in [5, 5.41) is 19.3. The summed E-state index contributed by atoms with van der Waals surface area (Å²) >= 11 is 0. The van der Waals surface area contributed by atoms with Crippen molar-refractivity contribution < 1.29 is 14.6 Å². The predicted octanol–water partition coefficient (Wildman–Crippen LogP) is 1.44. The molecule has 0 atom stereocenters. The highest BCUT2D eigenvalue weighted by atomic mass is 16.5. The number of hydrogen-bond donors (Lipinski definition) is 3. The third kappa shape index (κ3) is 2.81. The number of aromatic carboxylic acids is 1. The van der Waals surface area contributed by atoms with Crippen LogP contribution in [0.1, 0.15) is 10.4 Å². The van der Waals surface area contributed by atoms with Gasteiger partial charge in [0.05, 0.1) is 24.6 Å². The molecule has 0 unspecified atom stereocenters. The van der Waals surface area contributed by atoms with Gasteiger partial charge in [-0.15, -0.1) is 0 Å². The van der Waals surface area contributed by atoms with Crippen LogP contribution in [-0.2, 0) is 0 Å². The number of benzene rings is 1. The Kier molecular flexibility index (Phi) is 4.02. The number of anilines is 1. The molecule has 1 aromatic carbocycles. The number of nitrogens with zero attached hydrogens (tertiary/aromatic N) is 1. The van der Waals surface area contributed by atoms with Crippen molar-refractivity contribution in [3.63, 3.8) is 0 Å². The lowest BCUT2D eigenvalue weighted by atomic mass is 10.2. The number of rotatable bonds is 5. The van der Waals surface area contributed by atoms with E-state index in [0.29, 0.717) is 11.4 Å². The monoisotopic (exact) mass is 221 g/mol. The van der Waals surface area contributed by atoms with Crippen LogP contribution >= 0.6 is 0 Å². The molecule has 1 rings (SSSR count). The van der Waals surface area contributed by atoms with E-state index in [0.717, 1.165) is 6.21 Å². The van der Waals surface area contributed by atoms with Crippen LogP contribution in [0.2, 0.25) is 0 Å². The summed E-state index contributed by atoms with van der Waals surface area (Å²) in [6.45, 7) is 0. The van der Waals surface area contributed by atoms with Gasteiger partial charge in [-0.2, -0.15) is 5.10 Å². The molecule has 6 nitrogen and oxygen atoms in total. The molecule has 0 amide bonds. The summed E-state index contributed by atoms with van der Waals surface area (Å²) in [4.78, 5) is 10.9. The maximum Gasteiger partial charge on any atom is 0.337 e. The number of hydrogen-bond acceptors (Lipinski definition) is 5. The number of methoxy groups -OCH3 is 1. The third-order valence-electron chi connectivity index (χ3n) is 1.79. The van der Waals surface area contributed by atoms with Gasteiger partial charge in [0.2, 0.25) is 0 Å². The molecule has 0 saturated carbocycles. The molecule has 0 aliphatic heterocycles. The molecule has 0 aromatic heterocycles. The highest BCUT2D eigenvalue weighted by Crippen LogP contribution is 2.22. The first-order chi connectivity index (χ1) is 7.69. The van der Waals surface area contributed by atoms with Crippen LogP contribution in [0.15, 0.2) is 23.3 Å². The van der Waals surface area contributed by atoms with Crippen molar-refractivity contribution >= 4 is 24.1 Å². The Morgan fingerprint density at radius 1 is 1.62 bits per heavy atom. The molecule has 3 N–H and O–H groups in total. The van der Waals surface area contributed by atoms with Crippen molar-refractivity contribution in [1.29, 1.82) is 5.41 Å². The van der Waals surface area contributed by atoms with E-state index >= 15 is 0 Å². The molecule has 6 heteroatoms. The Morgan fingerprint density at radius 3 is 2.94 bits per heavy atom. The van der Waals surface area contributed by atoms with Crippen LogP contribution in [0.3, 0.4) is 0 Å². The standard InChI is InChI=1S/C10H11N3O3/c1-16-7-2-3-8(10(14)15)9(6-7)13-12-5-4-11/h2-6,11,13H,1H3,(H,14,15)/b11-4?,12-5-. The van der Waals surface area contributed by atoms with Crippen molar-refractivity contribution in [3.05, 3.63) is 23.8 Å². The summed E-state index contributed by atoms with van der Waals surface area (Å²) in [5.41, 5.74) is 2.92. The Bertz CT molecular complexity index is 429. The highest BCUT2D eigenvalue weighted by Gasteiger charge is 2.10. The van der Waals surface area contributed by atoms with E-state index in [1.165, 1.54) is 25.5 Å². The molecule has 16 heavy (non-hydrogen) atoms. The number of carboxylic acids is 1. The Morgan fingerprint density at radius 2 is 2.38 bits per heavy atom. The predicted molar refractivity (Wildman–Crippen MR) is 60.9 cm³/mol. The van der Waals surface area contributed by atoms with Gasteiger partial charge in [-0.25, -0.2) is 4.79 Å². The molecular formula is C10H11N3O3. The maximum atomic E-state index is 10.9. The average molecular weight is 221 g/mol. The van der Waals surface area contributed by atoms with Crippen LogP contribution in [0.4, 0.5) is 5.69 Å². The average Bonchev–Trinajstić information content (AvgIpc) is 2.29. The van der Waals surface area contributed by atoms with Crippen molar-refractivity contribution in [2.75, 3.05) is 12.5 Å². The van der Waals surface area contributed by atoms with Gasteiger partial charge in [-0.05, 0) is 12.1 Å². The summed E-state index contributed by atoms with van der Waals surface area (Å²) < 4.78 is 4.97. The minimum atomic E-state index is -1.06. The molecule has 0 radical (unpaired) electrons. The largest absolute Gasteiger partial charge is 0.497 e. The van der Waals surface area contributed by atoms with Gasteiger partial charge in [0.25, 0.3) is 0 Å². The second kappa shape index (κ2) is 5.50. The Hall–Kier alpha value is -2.37. The molecule has 0 spiro atoms. The van der Waals surface area contributed by atoms with Crippen LogP contribution in [0, 0.1) is 5.41 Å². The molecule has 0 bridgehead atoms. The van der Waals surface area contributed by atoms with E-state index in [-0.39, 0.29) is 5.56 Å². The van der Waals surface area contributed by atoms with Crippen LogP contribution in [0.25, 0.3) is 0 Å². The lowest BCUT2D eigenvalue weighted by molar-refractivity contribution is 0.0698. The van der Waals surface area contributed by atoms with Crippen LogP contribution < -0.4 is 10.2 Å². The second-order valence-corrected chi connectivity index (χ2v) is 2.77. The second-order valence-electron chi connectivity index (χ2n) is 2.77. The fraction of sp³-hybridized carbons (Fsp3) is 0.100. The SMILES string of the molecule is COc1ccc(C(=O)O)c(N/N=C\C=N)c1. The summed E-state index contributed by atoms with van der Waals surface area (Å²) in [6, 6.07) is 4.49. The topological polar surface area (TPSA) is 94.8 Å². The summed E-state index contributed by atoms with van der Waals surface area (Å²) in [5.74, 6) is -0.534. The Balaban J connectivity index is 3.04. The molecule has 0 aliphatic rings. The number of nitrogens with one attached hydrogen (secondary N) is 2. The molecule has 0 heterocycles. The van der Waals surface area contributed by atoms with Gasteiger partial charge in [0.15, 0.2) is 0 Å². The summed E-state index contributed by atoms with van der Waals surface area (Å²) in [6.07, 6.45) is 2.18. The third-order valence-corrected chi connectivity index (χ3v) is 1.79. The first-order valence-electron chi connectivity index (χ1n) is 4.38. The smallest absolute Gasteiger partial charge is 0.337 e. The van der Waals surface area contributed by atoms with Gasteiger partial charge in [-0.1, -0.05) is 0 Å². The molecule has 0 fully saturated rings. The van der Waals surface area contributed by atoms with Gasteiger partial charge < -0.3 is 15.3 Å². The van der Waals surface area contributed by atoms with E-state index in [1.54, 1.807) is 6.07 Å². The zero-order valence-electron chi connectivity index (χ0n) is 8.60. The fourth-order valence-corrected chi connectivity index (χ4v) is 1.07. The molecule has 0 aliphatic carbocycles. The number of carboxylic acid groups (broad SMARTS) is 1. The lowest BCUT2D eigenvalue weighted by Gasteiger charge is -2.07. The normalized spacial score (nSPS) is 10.1. The zero-order valence-corrected chi connectivity index (χ0v) is 8.60. The molecule has 0 saturated heterocycles. The first kappa shape index (κ1) is 11.7. The minimum absolute atomic E-state index is 0.0860. The van der Waals surface area contributed by atoms with E-state index in [1.807, 2.05) is 0 Å². The van der Waals surface area contributed by atoms with Gasteiger partial charge >= 0.3 is 5.97 Å². The van der Waals surface area contributed by atoms with Gasteiger partial charge in [0.1, 0.15) is 5.75 Å². The van der Waals surface area contributed by atoms with Crippen LogP contribution in [0.5, 0.6) is 5.75 Å². The van der Waals surface area contributed by atoms with E-state index < -0.39 is 5.97 Å². The van der Waals surface area contributed by atoms with Crippen molar-refractivity contribution in [1.82, 2.24) is 0 Å². The number of ether oxygens (including phenoxy) is 1. The van der Waals surface area contributed by atoms with Crippen LogP contribution in [-0.4, -0.2) is 30.6 Å². The van der Waals surface area contributed by atoms with Gasteiger partial charge in [0, 0.05) is 12.3 Å². The molecule has 1 aromatic rings. The van der Waals surface area contributed by atoms with Crippen molar-refractivity contribution in [2.45, 2.75) is 0 Å². The summed E-state index contributed by atoms with van der Waals surface area (Å²) in [7, 11) is 1.49. The fourth-order valence-electron chi connectivity index (χ4n) is 1.07. The minimum Gasteiger partial charge on any atom is -0.497 e. The van der Waals surface area contributed by atoms with E-state index in [4.69, 9.17) is 15.3 Å². The number of carbonyl (C=O) groups is 1. The molecular weight excluding hydrogens is 210 g/mol. The van der Waals surface area contributed by atoms with Gasteiger partial charge in [-0.3, -0.25) is 5.43 Å². The Labute approximate surface area is 92.1 Å². The highest BCUT2D eigenvalue weighted by molar-refractivity contribution is 6.14.